The van der Waals surface area contributed by atoms with Gasteiger partial charge in [0.15, 0.2) is 0 Å². The van der Waals surface area contributed by atoms with Gasteiger partial charge in [0.2, 0.25) is 0 Å². The molecule has 0 bridgehead atoms. The lowest BCUT2D eigenvalue weighted by molar-refractivity contribution is -0.0776. The first-order chi connectivity index (χ1) is 7.33. The van der Waals surface area contributed by atoms with Crippen molar-refractivity contribution >= 4 is 0 Å². The lowest BCUT2D eigenvalue weighted by atomic mass is 10.1. The van der Waals surface area contributed by atoms with Crippen LogP contribution in [0.1, 0.15) is 26.7 Å². The summed E-state index contributed by atoms with van der Waals surface area (Å²) in [6.07, 6.45) is 2.40. The Kier molecular flexibility index (Phi) is 6.98. The minimum atomic E-state index is 0.630. The Labute approximate surface area is 93.1 Å². The third kappa shape index (κ3) is 6.13. The smallest absolute Gasteiger partial charge is 0.0700 e. The third-order valence-electron chi connectivity index (χ3n) is 2.88. The second-order valence-electron chi connectivity index (χ2n) is 4.39. The van der Waals surface area contributed by atoms with E-state index in [0.29, 0.717) is 5.92 Å². The monoisotopic (exact) mass is 216 g/mol. The van der Waals surface area contributed by atoms with E-state index in [-0.39, 0.29) is 0 Å². The minimum absolute atomic E-state index is 0.630. The zero-order chi connectivity index (χ0) is 10.9. The van der Waals surface area contributed by atoms with E-state index in [0.717, 1.165) is 52.0 Å². The lowest BCUT2D eigenvalue weighted by Crippen LogP contribution is -2.31. The van der Waals surface area contributed by atoms with Gasteiger partial charge in [0.05, 0.1) is 33.0 Å². The van der Waals surface area contributed by atoms with E-state index in [4.69, 9.17) is 14.2 Å². The summed E-state index contributed by atoms with van der Waals surface area (Å²) >= 11 is 0. The van der Waals surface area contributed by atoms with E-state index in [1.807, 2.05) is 0 Å². The van der Waals surface area contributed by atoms with Gasteiger partial charge in [0.25, 0.3) is 0 Å². The van der Waals surface area contributed by atoms with Crippen molar-refractivity contribution < 1.29 is 14.2 Å². The normalized spacial score (nSPS) is 18.8. The van der Waals surface area contributed by atoms with Crippen LogP contribution < -0.4 is 0 Å². The summed E-state index contributed by atoms with van der Waals surface area (Å²) in [7, 11) is 0. The summed E-state index contributed by atoms with van der Waals surface area (Å²) in [4.78, 5) is 0. The van der Waals surface area contributed by atoms with Crippen molar-refractivity contribution in [3.63, 3.8) is 0 Å². The maximum Gasteiger partial charge on any atom is 0.0700 e. The first-order valence-electron chi connectivity index (χ1n) is 6.06. The Morgan fingerprint density at radius 3 is 2.53 bits per heavy atom. The van der Waals surface area contributed by atoms with Crippen LogP contribution in [0.2, 0.25) is 0 Å². The summed E-state index contributed by atoms with van der Waals surface area (Å²) in [6, 6.07) is 0. The first-order valence-corrected chi connectivity index (χ1v) is 6.06. The molecule has 3 heteroatoms. The highest BCUT2D eigenvalue weighted by Gasteiger charge is 2.17. The molecule has 1 heterocycles. The largest absolute Gasteiger partial charge is 0.381 e. The second-order valence-corrected chi connectivity index (χ2v) is 4.39. The van der Waals surface area contributed by atoms with Gasteiger partial charge in [-0.1, -0.05) is 20.3 Å². The maximum atomic E-state index is 5.48. The molecule has 1 aliphatic heterocycles. The van der Waals surface area contributed by atoms with Crippen LogP contribution in [0.5, 0.6) is 0 Å². The van der Waals surface area contributed by atoms with E-state index in [1.54, 1.807) is 0 Å². The molecule has 1 atom stereocenters. The van der Waals surface area contributed by atoms with Gasteiger partial charge in [-0.3, -0.25) is 0 Å². The topological polar surface area (TPSA) is 27.7 Å². The van der Waals surface area contributed by atoms with Crippen LogP contribution in [0.15, 0.2) is 0 Å². The van der Waals surface area contributed by atoms with Crippen molar-refractivity contribution in [3.05, 3.63) is 0 Å². The molecular weight excluding hydrogens is 192 g/mol. The Balaban J connectivity index is 1.72. The van der Waals surface area contributed by atoms with E-state index in [2.05, 4.69) is 13.8 Å². The van der Waals surface area contributed by atoms with E-state index in [1.165, 1.54) is 6.42 Å². The predicted molar refractivity (Wildman–Crippen MR) is 60.0 cm³/mol. The Morgan fingerprint density at radius 1 is 1.20 bits per heavy atom. The van der Waals surface area contributed by atoms with Crippen molar-refractivity contribution in [3.8, 4) is 0 Å². The number of rotatable bonds is 9. The molecule has 1 rings (SSSR count). The maximum absolute atomic E-state index is 5.48. The minimum Gasteiger partial charge on any atom is -0.381 e. The molecule has 0 saturated carbocycles. The van der Waals surface area contributed by atoms with Gasteiger partial charge in [-0.15, -0.1) is 0 Å². The first kappa shape index (κ1) is 12.9. The average Bonchev–Trinajstić information content (AvgIpc) is 2.19. The Morgan fingerprint density at radius 2 is 1.93 bits per heavy atom. The van der Waals surface area contributed by atoms with Crippen LogP contribution in [0, 0.1) is 11.8 Å². The molecule has 1 fully saturated rings. The summed E-state index contributed by atoms with van der Waals surface area (Å²) in [5.41, 5.74) is 0. The zero-order valence-corrected chi connectivity index (χ0v) is 10.0. The van der Waals surface area contributed by atoms with Crippen LogP contribution in [-0.4, -0.2) is 39.6 Å². The van der Waals surface area contributed by atoms with E-state index < -0.39 is 0 Å². The molecule has 15 heavy (non-hydrogen) atoms. The van der Waals surface area contributed by atoms with E-state index in [9.17, 15) is 0 Å². The fourth-order valence-electron chi connectivity index (χ4n) is 1.34. The van der Waals surface area contributed by atoms with Crippen molar-refractivity contribution in [1.82, 2.24) is 0 Å². The average molecular weight is 216 g/mol. The molecule has 0 N–H and O–H groups in total. The number of hydrogen-bond acceptors (Lipinski definition) is 3. The van der Waals surface area contributed by atoms with Crippen LogP contribution in [0.3, 0.4) is 0 Å². The Hall–Kier alpha value is -0.120. The molecule has 0 aliphatic carbocycles. The molecule has 0 spiro atoms. The summed E-state index contributed by atoms with van der Waals surface area (Å²) in [5.74, 6) is 1.41. The third-order valence-corrected chi connectivity index (χ3v) is 2.88. The van der Waals surface area contributed by atoms with Crippen LogP contribution in [0.4, 0.5) is 0 Å². The van der Waals surface area contributed by atoms with E-state index >= 15 is 0 Å². The van der Waals surface area contributed by atoms with Crippen molar-refractivity contribution in [1.29, 1.82) is 0 Å². The fraction of sp³-hybridized carbons (Fsp3) is 1.00. The fourth-order valence-corrected chi connectivity index (χ4v) is 1.34. The van der Waals surface area contributed by atoms with Gasteiger partial charge in [-0.25, -0.2) is 0 Å². The predicted octanol–water partition coefficient (Wildman–Crippen LogP) is 2.10. The second kappa shape index (κ2) is 8.08. The summed E-state index contributed by atoms with van der Waals surface area (Å²) in [5, 5.41) is 0. The quantitative estimate of drug-likeness (QED) is 0.552. The highest BCUT2D eigenvalue weighted by atomic mass is 16.5. The van der Waals surface area contributed by atoms with Crippen LogP contribution >= 0.6 is 0 Å². The highest BCUT2D eigenvalue weighted by molar-refractivity contribution is 4.63. The van der Waals surface area contributed by atoms with Gasteiger partial charge < -0.3 is 14.2 Å². The summed E-state index contributed by atoms with van der Waals surface area (Å²) < 4.78 is 16.0. The molecule has 0 aromatic carbocycles. The van der Waals surface area contributed by atoms with Gasteiger partial charge in [0.1, 0.15) is 0 Å². The molecule has 0 amide bonds. The molecular formula is C12H24O3. The zero-order valence-electron chi connectivity index (χ0n) is 10.0. The molecule has 1 aliphatic rings. The van der Waals surface area contributed by atoms with Crippen molar-refractivity contribution in [2.45, 2.75) is 26.7 Å². The Bertz CT molecular complexity index is 137. The lowest BCUT2D eigenvalue weighted by Gasteiger charge is -2.25. The highest BCUT2D eigenvalue weighted by Crippen LogP contribution is 2.09. The van der Waals surface area contributed by atoms with Gasteiger partial charge >= 0.3 is 0 Å². The standard InChI is InChI=1S/C12H24O3/c1-3-11(2)4-5-13-6-7-14-8-12-9-15-10-12/h11-12H,3-10H2,1-2H3. The SMILES string of the molecule is CCC(C)CCOCCOCC1COC1. The molecule has 0 aromatic heterocycles. The number of hydrogen-bond donors (Lipinski definition) is 0. The van der Waals surface area contributed by atoms with Crippen LogP contribution in [0.25, 0.3) is 0 Å². The van der Waals surface area contributed by atoms with Gasteiger partial charge in [-0.2, -0.15) is 0 Å². The molecule has 0 radical (unpaired) electrons. The summed E-state index contributed by atoms with van der Waals surface area (Å²) in [6.45, 7) is 9.36. The molecule has 90 valence electrons. The van der Waals surface area contributed by atoms with Crippen LogP contribution in [-0.2, 0) is 14.2 Å². The van der Waals surface area contributed by atoms with Crippen molar-refractivity contribution in [2.24, 2.45) is 11.8 Å². The number of ether oxygens (including phenoxy) is 3. The molecule has 0 aromatic rings. The van der Waals surface area contributed by atoms with Gasteiger partial charge in [-0.05, 0) is 12.3 Å². The molecule has 1 saturated heterocycles. The molecule has 3 nitrogen and oxygen atoms in total. The molecule has 1 unspecified atom stereocenters. The van der Waals surface area contributed by atoms with Crippen molar-refractivity contribution in [2.75, 3.05) is 39.6 Å². The van der Waals surface area contributed by atoms with Gasteiger partial charge in [0, 0.05) is 12.5 Å².